The van der Waals surface area contributed by atoms with E-state index in [1.54, 1.807) is 36.4 Å². The third-order valence-corrected chi connectivity index (χ3v) is 6.85. The summed E-state index contributed by atoms with van der Waals surface area (Å²) in [5.74, 6) is 0.186. The van der Waals surface area contributed by atoms with E-state index in [9.17, 15) is 13.2 Å². The van der Waals surface area contributed by atoms with Gasteiger partial charge in [0.2, 0.25) is 10.0 Å². The number of benzene rings is 2. The maximum Gasteiger partial charge on any atom is 0.262 e. The zero-order chi connectivity index (χ0) is 20.1. The Morgan fingerprint density at radius 1 is 1.18 bits per heavy atom. The second-order valence-corrected chi connectivity index (χ2v) is 8.93. The van der Waals surface area contributed by atoms with E-state index in [2.05, 4.69) is 5.32 Å². The molecular formula is C20H23ClN2O4S. The largest absolute Gasteiger partial charge is 0.484 e. The summed E-state index contributed by atoms with van der Waals surface area (Å²) in [6.45, 7) is 2.87. The van der Waals surface area contributed by atoms with Gasteiger partial charge in [-0.15, -0.1) is 0 Å². The summed E-state index contributed by atoms with van der Waals surface area (Å²) in [6.07, 6.45) is 2.51. The first-order chi connectivity index (χ1) is 13.4. The number of hydrogen-bond donors (Lipinski definition) is 1. The van der Waals surface area contributed by atoms with Gasteiger partial charge in [-0.3, -0.25) is 4.79 Å². The summed E-state index contributed by atoms with van der Waals surface area (Å²) < 4.78 is 32.3. The number of anilines is 1. The predicted molar refractivity (Wildman–Crippen MR) is 109 cm³/mol. The summed E-state index contributed by atoms with van der Waals surface area (Å²) in [5, 5.41) is 3.34. The fraction of sp³-hybridized carbons (Fsp3) is 0.350. The molecule has 150 valence electrons. The Hall–Kier alpha value is -2.09. The van der Waals surface area contributed by atoms with E-state index in [1.807, 2.05) is 6.92 Å². The van der Waals surface area contributed by atoms with Gasteiger partial charge in [-0.25, -0.2) is 8.42 Å². The first-order valence-electron chi connectivity index (χ1n) is 9.21. The molecule has 2 aromatic rings. The number of carbonyl (C=O) groups is 1. The van der Waals surface area contributed by atoms with Crippen molar-refractivity contribution in [1.82, 2.24) is 4.31 Å². The van der Waals surface area contributed by atoms with Gasteiger partial charge < -0.3 is 10.1 Å². The van der Waals surface area contributed by atoms with Crippen LogP contribution in [0.5, 0.6) is 5.75 Å². The number of nitrogens with one attached hydrogen (secondary N) is 1. The maximum absolute atomic E-state index is 12.6. The molecular weight excluding hydrogens is 400 g/mol. The molecule has 1 fully saturated rings. The predicted octanol–water partition coefficient (Wildman–Crippen LogP) is 3.70. The Kier molecular flexibility index (Phi) is 6.59. The minimum atomic E-state index is -3.53. The van der Waals surface area contributed by atoms with Gasteiger partial charge in [0.05, 0.1) is 4.90 Å². The Morgan fingerprint density at radius 2 is 1.93 bits per heavy atom. The van der Waals surface area contributed by atoms with E-state index in [0.29, 0.717) is 29.5 Å². The molecule has 0 bridgehead atoms. The van der Waals surface area contributed by atoms with Gasteiger partial charge >= 0.3 is 0 Å². The molecule has 8 heteroatoms. The van der Waals surface area contributed by atoms with Gasteiger partial charge in [0.1, 0.15) is 5.75 Å². The molecule has 0 aromatic heterocycles. The highest BCUT2D eigenvalue weighted by molar-refractivity contribution is 7.89. The van der Waals surface area contributed by atoms with E-state index >= 15 is 0 Å². The molecule has 1 saturated heterocycles. The SMILES string of the molecule is CCc1cc(OCC(=O)Nc2cccc(S(=O)(=O)N3CCCC3)c2)ccc1Cl. The van der Waals surface area contributed by atoms with Gasteiger partial charge in [-0.1, -0.05) is 24.6 Å². The highest BCUT2D eigenvalue weighted by Crippen LogP contribution is 2.24. The van der Waals surface area contributed by atoms with Crippen LogP contribution in [0.2, 0.25) is 5.02 Å². The lowest BCUT2D eigenvalue weighted by Gasteiger charge is -2.16. The summed E-state index contributed by atoms with van der Waals surface area (Å²) in [7, 11) is -3.53. The molecule has 6 nitrogen and oxygen atoms in total. The van der Waals surface area contributed by atoms with Crippen LogP contribution in [-0.4, -0.2) is 38.3 Å². The molecule has 0 unspecified atom stereocenters. The Morgan fingerprint density at radius 3 is 2.64 bits per heavy atom. The van der Waals surface area contributed by atoms with Crippen molar-refractivity contribution in [2.45, 2.75) is 31.1 Å². The molecule has 28 heavy (non-hydrogen) atoms. The number of aryl methyl sites for hydroxylation is 1. The van der Waals surface area contributed by atoms with Crippen molar-refractivity contribution in [3.63, 3.8) is 0 Å². The summed E-state index contributed by atoms with van der Waals surface area (Å²) in [6, 6.07) is 11.5. The lowest BCUT2D eigenvalue weighted by Crippen LogP contribution is -2.28. The molecule has 1 N–H and O–H groups in total. The monoisotopic (exact) mass is 422 g/mol. The Bertz CT molecular complexity index is 956. The van der Waals surface area contributed by atoms with Gasteiger partial charge in [0.25, 0.3) is 5.91 Å². The van der Waals surface area contributed by atoms with E-state index in [1.165, 1.54) is 10.4 Å². The molecule has 0 atom stereocenters. The second-order valence-electron chi connectivity index (χ2n) is 6.58. The number of hydrogen-bond acceptors (Lipinski definition) is 4. The van der Waals surface area contributed by atoms with E-state index in [4.69, 9.17) is 16.3 Å². The number of rotatable bonds is 7. The van der Waals surface area contributed by atoms with Crippen molar-refractivity contribution in [3.05, 3.63) is 53.1 Å². The smallest absolute Gasteiger partial charge is 0.262 e. The number of amides is 1. The number of ether oxygens (including phenoxy) is 1. The van der Waals surface area contributed by atoms with Crippen LogP contribution in [0.25, 0.3) is 0 Å². The van der Waals surface area contributed by atoms with Crippen LogP contribution < -0.4 is 10.1 Å². The summed E-state index contributed by atoms with van der Waals surface area (Å²) in [5.41, 5.74) is 1.36. The Labute approximate surface area is 170 Å². The average Bonchev–Trinajstić information content (AvgIpc) is 3.23. The first kappa shape index (κ1) is 20.6. The van der Waals surface area contributed by atoms with Crippen LogP contribution in [0.1, 0.15) is 25.3 Å². The molecule has 1 aliphatic heterocycles. The Balaban J connectivity index is 1.63. The minimum Gasteiger partial charge on any atom is -0.484 e. The minimum absolute atomic E-state index is 0.179. The number of halogens is 1. The van der Waals surface area contributed by atoms with Gasteiger partial charge in [-0.2, -0.15) is 4.31 Å². The van der Waals surface area contributed by atoms with Crippen LogP contribution in [0.15, 0.2) is 47.4 Å². The van der Waals surface area contributed by atoms with Crippen molar-refractivity contribution in [3.8, 4) is 5.75 Å². The van der Waals surface area contributed by atoms with Crippen LogP contribution in [0, 0.1) is 0 Å². The fourth-order valence-electron chi connectivity index (χ4n) is 3.07. The number of carbonyl (C=O) groups excluding carboxylic acids is 1. The lowest BCUT2D eigenvalue weighted by molar-refractivity contribution is -0.118. The molecule has 3 rings (SSSR count). The van der Waals surface area contributed by atoms with Gasteiger partial charge in [-0.05, 0) is 61.2 Å². The third-order valence-electron chi connectivity index (χ3n) is 4.59. The molecule has 1 aliphatic rings. The fourth-order valence-corrected chi connectivity index (χ4v) is 4.88. The highest BCUT2D eigenvalue weighted by atomic mass is 35.5. The van der Waals surface area contributed by atoms with Crippen molar-refractivity contribution in [1.29, 1.82) is 0 Å². The lowest BCUT2D eigenvalue weighted by atomic mass is 10.1. The van der Waals surface area contributed by atoms with Gasteiger partial charge in [0, 0.05) is 23.8 Å². The van der Waals surface area contributed by atoms with Crippen molar-refractivity contribution in [2.24, 2.45) is 0 Å². The van der Waals surface area contributed by atoms with E-state index < -0.39 is 10.0 Å². The second kappa shape index (κ2) is 8.94. The van der Waals surface area contributed by atoms with E-state index in [0.717, 1.165) is 24.8 Å². The van der Waals surface area contributed by atoms with Crippen LogP contribution in [0.3, 0.4) is 0 Å². The summed E-state index contributed by atoms with van der Waals surface area (Å²) in [4.78, 5) is 12.4. The first-order valence-corrected chi connectivity index (χ1v) is 11.0. The standard InChI is InChI=1S/C20H23ClN2O4S/c1-2-15-12-17(8-9-19(15)21)27-14-20(24)22-16-6-5-7-18(13-16)28(25,26)23-10-3-4-11-23/h5-9,12-13H,2-4,10-11,14H2,1H3,(H,22,24). The topological polar surface area (TPSA) is 75.7 Å². The normalized spacial score (nSPS) is 14.8. The molecule has 1 amide bonds. The molecule has 1 heterocycles. The van der Waals surface area contributed by atoms with Crippen molar-refractivity contribution < 1.29 is 17.9 Å². The van der Waals surface area contributed by atoms with Crippen LogP contribution >= 0.6 is 11.6 Å². The molecule has 0 aliphatic carbocycles. The van der Waals surface area contributed by atoms with Crippen molar-refractivity contribution >= 4 is 33.2 Å². The van der Waals surface area contributed by atoms with Crippen LogP contribution in [0.4, 0.5) is 5.69 Å². The molecule has 0 radical (unpaired) electrons. The molecule has 0 spiro atoms. The summed E-state index contributed by atoms with van der Waals surface area (Å²) >= 11 is 6.08. The third kappa shape index (κ3) is 4.84. The average molecular weight is 423 g/mol. The van der Waals surface area contributed by atoms with Gasteiger partial charge in [0.15, 0.2) is 6.61 Å². The molecule has 2 aromatic carbocycles. The number of sulfonamides is 1. The quantitative estimate of drug-likeness (QED) is 0.738. The maximum atomic E-state index is 12.6. The zero-order valence-corrected chi connectivity index (χ0v) is 17.2. The van der Waals surface area contributed by atoms with Crippen molar-refractivity contribution in [2.75, 3.05) is 25.0 Å². The molecule has 0 saturated carbocycles. The number of nitrogens with zero attached hydrogens (tertiary/aromatic N) is 1. The highest BCUT2D eigenvalue weighted by Gasteiger charge is 2.27. The van der Waals surface area contributed by atoms with E-state index in [-0.39, 0.29) is 17.4 Å². The van der Waals surface area contributed by atoms with Crippen LogP contribution in [-0.2, 0) is 21.2 Å². The zero-order valence-electron chi connectivity index (χ0n) is 15.7.